The molecule has 6 nitrogen and oxygen atoms in total. The van der Waals surface area contributed by atoms with Gasteiger partial charge < -0.3 is 24.5 Å². The third-order valence-electron chi connectivity index (χ3n) is 3.32. The number of methoxy groups -OCH3 is 3. The maximum Gasteiger partial charge on any atom is 0.252 e. The summed E-state index contributed by atoms with van der Waals surface area (Å²) in [5.74, 6) is 1.95. The molecule has 0 spiro atoms. The molecule has 118 valence electrons. The second-order valence-electron chi connectivity index (χ2n) is 4.65. The zero-order valence-corrected chi connectivity index (χ0v) is 12.9. The van der Waals surface area contributed by atoms with E-state index in [1.54, 1.807) is 45.7 Å². The highest BCUT2D eigenvalue weighted by Crippen LogP contribution is 2.34. The average Bonchev–Trinajstić information content (AvgIpc) is 2.56. The summed E-state index contributed by atoms with van der Waals surface area (Å²) in [5.41, 5.74) is 1.52. The zero-order valence-electron chi connectivity index (χ0n) is 12.9. The van der Waals surface area contributed by atoms with Crippen molar-refractivity contribution >= 4 is 0 Å². The van der Waals surface area contributed by atoms with Gasteiger partial charge in [0.2, 0.25) is 0 Å². The SMILES string of the molecule is COc1cc(OC)c(OC)cc1CNCc1ccc[nH]c1=O. The molecule has 1 aromatic carbocycles. The lowest BCUT2D eigenvalue weighted by Crippen LogP contribution is -2.20. The number of H-pyrrole nitrogens is 1. The maximum atomic E-state index is 11.6. The summed E-state index contributed by atoms with van der Waals surface area (Å²) in [7, 11) is 4.77. The lowest BCUT2D eigenvalue weighted by atomic mass is 10.1. The van der Waals surface area contributed by atoms with Gasteiger partial charge in [0, 0.05) is 36.5 Å². The van der Waals surface area contributed by atoms with Crippen LogP contribution >= 0.6 is 0 Å². The normalized spacial score (nSPS) is 10.3. The Labute approximate surface area is 129 Å². The number of benzene rings is 1. The van der Waals surface area contributed by atoms with Gasteiger partial charge in [0.05, 0.1) is 21.3 Å². The highest BCUT2D eigenvalue weighted by atomic mass is 16.5. The van der Waals surface area contributed by atoms with Crippen LogP contribution in [0.25, 0.3) is 0 Å². The van der Waals surface area contributed by atoms with Crippen molar-refractivity contribution in [3.63, 3.8) is 0 Å². The molecule has 0 fully saturated rings. The van der Waals surface area contributed by atoms with E-state index in [9.17, 15) is 4.79 Å². The Morgan fingerprint density at radius 1 is 0.955 bits per heavy atom. The summed E-state index contributed by atoms with van der Waals surface area (Å²) in [6, 6.07) is 7.23. The fourth-order valence-electron chi connectivity index (χ4n) is 2.16. The van der Waals surface area contributed by atoms with E-state index in [4.69, 9.17) is 14.2 Å². The molecule has 2 N–H and O–H groups in total. The summed E-state index contributed by atoms with van der Waals surface area (Å²) < 4.78 is 15.9. The molecule has 0 bridgehead atoms. The van der Waals surface area contributed by atoms with Crippen LogP contribution < -0.4 is 25.1 Å². The Hall–Kier alpha value is -2.47. The van der Waals surface area contributed by atoms with E-state index in [0.29, 0.717) is 35.9 Å². The number of aromatic nitrogens is 1. The molecule has 0 radical (unpaired) electrons. The molecule has 2 rings (SSSR count). The van der Waals surface area contributed by atoms with Gasteiger partial charge >= 0.3 is 0 Å². The number of rotatable bonds is 7. The summed E-state index contributed by atoms with van der Waals surface area (Å²) in [4.78, 5) is 14.3. The molecule has 2 aromatic rings. The summed E-state index contributed by atoms with van der Waals surface area (Å²) in [5, 5.41) is 3.23. The van der Waals surface area contributed by atoms with E-state index < -0.39 is 0 Å². The first-order valence-electron chi connectivity index (χ1n) is 6.85. The van der Waals surface area contributed by atoms with E-state index >= 15 is 0 Å². The highest BCUT2D eigenvalue weighted by molar-refractivity contribution is 5.50. The predicted octanol–water partition coefficient (Wildman–Crippen LogP) is 1.69. The van der Waals surface area contributed by atoms with Crippen molar-refractivity contribution in [2.24, 2.45) is 0 Å². The second kappa shape index (κ2) is 7.51. The Kier molecular flexibility index (Phi) is 5.43. The lowest BCUT2D eigenvalue weighted by Gasteiger charge is -2.14. The van der Waals surface area contributed by atoms with Gasteiger partial charge in [-0.3, -0.25) is 4.79 Å². The van der Waals surface area contributed by atoms with E-state index in [-0.39, 0.29) is 5.56 Å². The molecule has 0 aliphatic rings. The molecule has 1 heterocycles. The number of nitrogens with one attached hydrogen (secondary N) is 2. The number of pyridine rings is 1. The largest absolute Gasteiger partial charge is 0.496 e. The second-order valence-corrected chi connectivity index (χ2v) is 4.65. The van der Waals surface area contributed by atoms with Crippen molar-refractivity contribution in [1.29, 1.82) is 0 Å². The van der Waals surface area contributed by atoms with E-state index in [1.165, 1.54) is 0 Å². The lowest BCUT2D eigenvalue weighted by molar-refractivity contribution is 0.347. The van der Waals surface area contributed by atoms with Gasteiger partial charge in [0.1, 0.15) is 5.75 Å². The average molecular weight is 304 g/mol. The van der Waals surface area contributed by atoms with Gasteiger partial charge in [-0.2, -0.15) is 0 Å². The van der Waals surface area contributed by atoms with Gasteiger partial charge in [0.15, 0.2) is 11.5 Å². The molecule has 0 aliphatic heterocycles. The molecular weight excluding hydrogens is 284 g/mol. The maximum absolute atomic E-state index is 11.6. The van der Waals surface area contributed by atoms with E-state index in [0.717, 1.165) is 5.56 Å². The van der Waals surface area contributed by atoms with Gasteiger partial charge in [-0.05, 0) is 12.1 Å². The zero-order chi connectivity index (χ0) is 15.9. The van der Waals surface area contributed by atoms with Crippen molar-refractivity contribution in [2.75, 3.05) is 21.3 Å². The summed E-state index contributed by atoms with van der Waals surface area (Å²) >= 11 is 0. The van der Waals surface area contributed by atoms with Gasteiger partial charge in [-0.25, -0.2) is 0 Å². The monoisotopic (exact) mass is 304 g/mol. The number of ether oxygens (including phenoxy) is 3. The van der Waals surface area contributed by atoms with Crippen LogP contribution in [-0.4, -0.2) is 26.3 Å². The van der Waals surface area contributed by atoms with Crippen molar-refractivity contribution in [3.8, 4) is 17.2 Å². The molecule has 0 atom stereocenters. The van der Waals surface area contributed by atoms with Crippen LogP contribution in [0.2, 0.25) is 0 Å². The smallest absolute Gasteiger partial charge is 0.252 e. The first kappa shape index (κ1) is 15.9. The Bertz CT molecular complexity index is 682. The Morgan fingerprint density at radius 2 is 1.59 bits per heavy atom. The molecule has 1 aromatic heterocycles. The first-order chi connectivity index (χ1) is 10.7. The summed E-state index contributed by atoms with van der Waals surface area (Å²) in [6.07, 6.45) is 1.61. The topological polar surface area (TPSA) is 72.6 Å². The van der Waals surface area contributed by atoms with Crippen LogP contribution in [0, 0.1) is 0 Å². The third kappa shape index (κ3) is 3.59. The predicted molar refractivity (Wildman–Crippen MR) is 83.7 cm³/mol. The van der Waals surface area contributed by atoms with Gasteiger partial charge in [-0.15, -0.1) is 0 Å². The van der Waals surface area contributed by atoms with Crippen molar-refractivity contribution in [2.45, 2.75) is 13.1 Å². The molecule has 0 saturated heterocycles. The standard InChI is InChI=1S/C16H20N2O4/c1-20-13-8-15(22-3)14(21-2)7-12(13)10-17-9-11-5-4-6-18-16(11)19/h4-8,17H,9-10H2,1-3H3,(H,18,19). The number of hydrogen-bond donors (Lipinski definition) is 2. The van der Waals surface area contributed by atoms with Crippen LogP contribution in [0.15, 0.2) is 35.3 Å². The first-order valence-corrected chi connectivity index (χ1v) is 6.85. The molecule has 22 heavy (non-hydrogen) atoms. The minimum Gasteiger partial charge on any atom is -0.496 e. The van der Waals surface area contributed by atoms with Gasteiger partial charge in [0.25, 0.3) is 5.56 Å². The van der Waals surface area contributed by atoms with Crippen molar-refractivity contribution < 1.29 is 14.2 Å². The van der Waals surface area contributed by atoms with Crippen LogP contribution in [0.4, 0.5) is 0 Å². The minimum absolute atomic E-state index is 0.0886. The Balaban J connectivity index is 2.12. The molecule has 0 unspecified atom stereocenters. The number of aromatic amines is 1. The van der Waals surface area contributed by atoms with E-state index in [2.05, 4.69) is 10.3 Å². The molecule has 0 saturated carbocycles. The van der Waals surface area contributed by atoms with Gasteiger partial charge in [-0.1, -0.05) is 6.07 Å². The third-order valence-corrected chi connectivity index (χ3v) is 3.32. The highest BCUT2D eigenvalue weighted by Gasteiger charge is 2.11. The molecular formula is C16H20N2O4. The van der Waals surface area contributed by atoms with E-state index in [1.807, 2.05) is 6.07 Å². The molecule has 6 heteroatoms. The van der Waals surface area contributed by atoms with Crippen LogP contribution in [0.5, 0.6) is 17.2 Å². The fourth-order valence-corrected chi connectivity index (χ4v) is 2.16. The van der Waals surface area contributed by atoms with Crippen LogP contribution in [0.1, 0.15) is 11.1 Å². The molecule has 0 aliphatic carbocycles. The number of hydrogen-bond acceptors (Lipinski definition) is 5. The quantitative estimate of drug-likeness (QED) is 0.814. The Morgan fingerprint density at radius 3 is 2.23 bits per heavy atom. The van der Waals surface area contributed by atoms with Crippen LogP contribution in [-0.2, 0) is 13.1 Å². The minimum atomic E-state index is -0.0886. The van der Waals surface area contributed by atoms with Crippen molar-refractivity contribution in [3.05, 3.63) is 51.9 Å². The summed E-state index contributed by atoms with van der Waals surface area (Å²) in [6.45, 7) is 1.01. The molecule has 0 amide bonds. The van der Waals surface area contributed by atoms with Crippen molar-refractivity contribution in [1.82, 2.24) is 10.3 Å². The fraction of sp³-hybridized carbons (Fsp3) is 0.312. The van der Waals surface area contributed by atoms with Crippen LogP contribution in [0.3, 0.4) is 0 Å².